The molecule has 0 aromatic heterocycles. The van der Waals surface area contributed by atoms with Crippen LogP contribution in [0.5, 0.6) is 0 Å². The summed E-state index contributed by atoms with van der Waals surface area (Å²) in [6.07, 6.45) is 1.02. The zero-order valence-electron chi connectivity index (χ0n) is 9.43. The van der Waals surface area contributed by atoms with Crippen molar-refractivity contribution in [2.24, 2.45) is 0 Å². The molecule has 94 valence electrons. The van der Waals surface area contributed by atoms with E-state index in [1.54, 1.807) is 0 Å². The van der Waals surface area contributed by atoms with Crippen LogP contribution in [0.25, 0.3) is 0 Å². The maximum atomic E-state index is 11.2. The lowest BCUT2D eigenvalue weighted by atomic mass is 10.3. The van der Waals surface area contributed by atoms with E-state index in [1.807, 2.05) is 0 Å². The molecular formula is C10H20ClN3O2. The van der Waals surface area contributed by atoms with Crippen molar-refractivity contribution >= 4 is 18.7 Å². The molecule has 0 aromatic rings. The van der Waals surface area contributed by atoms with Gasteiger partial charge >= 0.3 is 0 Å². The summed E-state index contributed by atoms with van der Waals surface area (Å²) in [6.45, 7) is 7.11. The van der Waals surface area contributed by atoms with Crippen molar-refractivity contribution in [2.45, 2.75) is 6.17 Å². The molecule has 0 saturated carbocycles. The molecule has 0 aromatic carbocycles. The average molecular weight is 250 g/mol. The summed E-state index contributed by atoms with van der Waals surface area (Å²) in [4.78, 5) is 15.6. The predicted octanol–water partition coefficient (Wildman–Crippen LogP) is -0.829. The van der Waals surface area contributed by atoms with Gasteiger partial charge in [-0.25, -0.2) is 0 Å². The lowest BCUT2D eigenvalue weighted by Crippen LogP contribution is -2.57. The van der Waals surface area contributed by atoms with Crippen molar-refractivity contribution in [1.82, 2.24) is 15.1 Å². The fraction of sp³-hybridized carbons (Fsp3) is 0.900. The summed E-state index contributed by atoms with van der Waals surface area (Å²) < 4.78 is 5.29. The van der Waals surface area contributed by atoms with E-state index in [-0.39, 0.29) is 18.6 Å². The fourth-order valence-corrected chi connectivity index (χ4v) is 2.19. The third kappa shape index (κ3) is 3.40. The van der Waals surface area contributed by atoms with Crippen LogP contribution in [-0.2, 0) is 9.53 Å². The Morgan fingerprint density at radius 3 is 2.19 bits per heavy atom. The smallest absolute Gasteiger partial charge is 0.151 e. The van der Waals surface area contributed by atoms with Crippen molar-refractivity contribution in [3.05, 3.63) is 0 Å². The number of piperazine rings is 1. The molecule has 6 heteroatoms. The molecule has 0 bridgehead atoms. The summed E-state index contributed by atoms with van der Waals surface area (Å²) in [7, 11) is 0. The van der Waals surface area contributed by atoms with Crippen LogP contribution in [0.2, 0.25) is 0 Å². The normalized spacial score (nSPS) is 25.8. The summed E-state index contributed by atoms with van der Waals surface area (Å²) in [5, 5.41) is 3.30. The first-order chi connectivity index (χ1) is 7.42. The van der Waals surface area contributed by atoms with Crippen molar-refractivity contribution in [1.29, 1.82) is 0 Å². The van der Waals surface area contributed by atoms with Crippen LogP contribution >= 0.6 is 12.4 Å². The fourth-order valence-electron chi connectivity index (χ4n) is 2.19. The molecule has 0 radical (unpaired) electrons. The van der Waals surface area contributed by atoms with Crippen LogP contribution in [-0.4, -0.2) is 74.7 Å². The van der Waals surface area contributed by atoms with Crippen molar-refractivity contribution in [3.63, 3.8) is 0 Å². The van der Waals surface area contributed by atoms with Crippen molar-refractivity contribution < 1.29 is 9.53 Å². The number of carbonyl (C=O) groups excluding carboxylic acids is 1. The van der Waals surface area contributed by atoms with Crippen molar-refractivity contribution in [2.75, 3.05) is 52.5 Å². The quantitative estimate of drug-likeness (QED) is 0.662. The van der Waals surface area contributed by atoms with Gasteiger partial charge in [-0.3, -0.25) is 9.80 Å². The molecule has 2 rings (SSSR count). The summed E-state index contributed by atoms with van der Waals surface area (Å²) >= 11 is 0. The number of nitrogens with zero attached hydrogens (tertiary/aromatic N) is 2. The number of nitrogens with one attached hydrogen (secondary N) is 1. The van der Waals surface area contributed by atoms with Gasteiger partial charge in [0.25, 0.3) is 0 Å². The van der Waals surface area contributed by atoms with Gasteiger partial charge in [0.15, 0.2) is 6.29 Å². The van der Waals surface area contributed by atoms with Gasteiger partial charge in [-0.15, -0.1) is 12.4 Å². The van der Waals surface area contributed by atoms with Crippen LogP contribution in [0.15, 0.2) is 0 Å². The number of hydrogen-bond acceptors (Lipinski definition) is 5. The number of morpholine rings is 1. The van der Waals surface area contributed by atoms with E-state index < -0.39 is 0 Å². The third-order valence-corrected chi connectivity index (χ3v) is 3.07. The van der Waals surface area contributed by atoms with Gasteiger partial charge in [-0.2, -0.15) is 0 Å². The number of rotatable bonds is 3. The van der Waals surface area contributed by atoms with Crippen LogP contribution in [0, 0.1) is 0 Å². The summed E-state index contributed by atoms with van der Waals surface area (Å²) in [5.74, 6) is 0. The Kier molecular flexibility index (Phi) is 6.23. The molecule has 1 unspecified atom stereocenters. The van der Waals surface area contributed by atoms with Crippen LogP contribution < -0.4 is 5.32 Å². The molecular weight excluding hydrogens is 230 g/mol. The lowest BCUT2D eigenvalue weighted by molar-refractivity contribution is -0.122. The van der Waals surface area contributed by atoms with Crippen LogP contribution in [0.4, 0.5) is 0 Å². The number of aldehydes is 1. The Hall–Kier alpha value is -0.200. The minimum Gasteiger partial charge on any atom is -0.379 e. The van der Waals surface area contributed by atoms with Gasteiger partial charge < -0.3 is 14.8 Å². The van der Waals surface area contributed by atoms with E-state index in [9.17, 15) is 4.79 Å². The zero-order valence-corrected chi connectivity index (χ0v) is 10.2. The number of ether oxygens (including phenoxy) is 1. The maximum absolute atomic E-state index is 11.2. The highest BCUT2D eigenvalue weighted by Crippen LogP contribution is 2.08. The Morgan fingerprint density at radius 2 is 1.62 bits per heavy atom. The minimum atomic E-state index is -0.0454. The number of halogens is 1. The van der Waals surface area contributed by atoms with E-state index in [2.05, 4.69) is 15.1 Å². The molecule has 0 amide bonds. The Balaban J connectivity index is 0.00000128. The standard InChI is InChI=1S/C10H19N3O2.ClH/c14-9-10(12-3-1-11-2-4-12)13-5-7-15-8-6-13;/h9-11H,1-8H2;1H. The molecule has 2 aliphatic heterocycles. The molecule has 2 aliphatic rings. The molecule has 1 atom stereocenters. The van der Waals surface area contributed by atoms with Crippen molar-refractivity contribution in [3.8, 4) is 0 Å². The first-order valence-electron chi connectivity index (χ1n) is 5.63. The second-order valence-corrected chi connectivity index (χ2v) is 3.98. The monoisotopic (exact) mass is 249 g/mol. The van der Waals surface area contributed by atoms with E-state index in [0.29, 0.717) is 0 Å². The Bertz CT molecular complexity index is 188. The largest absolute Gasteiger partial charge is 0.379 e. The van der Waals surface area contributed by atoms with E-state index in [1.165, 1.54) is 0 Å². The topological polar surface area (TPSA) is 44.8 Å². The third-order valence-electron chi connectivity index (χ3n) is 3.07. The highest BCUT2D eigenvalue weighted by Gasteiger charge is 2.26. The van der Waals surface area contributed by atoms with Crippen LogP contribution in [0.1, 0.15) is 0 Å². The van der Waals surface area contributed by atoms with E-state index in [0.717, 1.165) is 58.8 Å². The molecule has 1 N–H and O–H groups in total. The molecule has 2 heterocycles. The number of carbonyl (C=O) groups is 1. The molecule has 0 spiro atoms. The van der Waals surface area contributed by atoms with E-state index in [4.69, 9.17) is 4.74 Å². The molecule has 2 fully saturated rings. The molecule has 16 heavy (non-hydrogen) atoms. The van der Waals surface area contributed by atoms with Gasteiger partial charge in [-0.1, -0.05) is 0 Å². The van der Waals surface area contributed by atoms with E-state index >= 15 is 0 Å². The molecule has 2 saturated heterocycles. The van der Waals surface area contributed by atoms with Gasteiger partial charge in [0.1, 0.15) is 6.17 Å². The number of hydrogen-bond donors (Lipinski definition) is 1. The first kappa shape index (κ1) is 13.9. The van der Waals surface area contributed by atoms with Gasteiger partial charge in [0, 0.05) is 39.3 Å². The van der Waals surface area contributed by atoms with Gasteiger partial charge in [0.2, 0.25) is 0 Å². The predicted molar refractivity (Wildman–Crippen MR) is 63.9 cm³/mol. The second kappa shape index (κ2) is 7.19. The van der Waals surface area contributed by atoms with Gasteiger partial charge in [0.05, 0.1) is 13.2 Å². The second-order valence-electron chi connectivity index (χ2n) is 3.98. The summed E-state index contributed by atoms with van der Waals surface area (Å²) in [6, 6.07) is 0. The Labute approximate surface area is 103 Å². The lowest BCUT2D eigenvalue weighted by Gasteiger charge is -2.40. The Morgan fingerprint density at radius 1 is 1.06 bits per heavy atom. The van der Waals surface area contributed by atoms with Gasteiger partial charge in [-0.05, 0) is 0 Å². The molecule has 5 nitrogen and oxygen atoms in total. The molecule has 0 aliphatic carbocycles. The highest BCUT2D eigenvalue weighted by molar-refractivity contribution is 5.85. The maximum Gasteiger partial charge on any atom is 0.151 e. The minimum absolute atomic E-state index is 0. The zero-order chi connectivity index (χ0) is 10.5. The average Bonchev–Trinajstić information content (AvgIpc) is 2.33. The SMILES string of the molecule is Cl.O=CC(N1CCNCC1)N1CCOCC1. The van der Waals surface area contributed by atoms with Crippen LogP contribution in [0.3, 0.4) is 0 Å². The first-order valence-corrected chi connectivity index (χ1v) is 5.63. The summed E-state index contributed by atoms with van der Waals surface area (Å²) in [5.41, 5.74) is 0. The highest BCUT2D eigenvalue weighted by atomic mass is 35.5.